The number of aliphatic carboxylic acids is 1. The van der Waals surface area contributed by atoms with Crippen LogP contribution in [0.2, 0.25) is 0 Å². The Morgan fingerprint density at radius 2 is 1.83 bits per heavy atom. The third-order valence-corrected chi connectivity index (χ3v) is 2.90. The van der Waals surface area contributed by atoms with Crippen molar-refractivity contribution in [1.82, 2.24) is 0 Å². The first-order valence-electron chi connectivity index (χ1n) is 3.12. The molecular weight excluding hydrogens is 183 g/mol. The second-order valence-electron chi connectivity index (χ2n) is 2.36. The van der Waals surface area contributed by atoms with Gasteiger partial charge in [0.2, 0.25) is 0 Å². The average molecular weight is 194 g/mol. The van der Waals surface area contributed by atoms with Crippen molar-refractivity contribution in [3.63, 3.8) is 0 Å². The van der Waals surface area contributed by atoms with Crippen LogP contribution < -0.4 is 0 Å². The minimum atomic E-state index is -4.12. The molecule has 1 unspecified atom stereocenters. The van der Waals surface area contributed by atoms with Crippen molar-refractivity contribution in [3.05, 3.63) is 10.9 Å². The lowest BCUT2D eigenvalue weighted by atomic mass is 10.3. The zero-order valence-electron chi connectivity index (χ0n) is 7.07. The molecule has 0 aliphatic rings. The van der Waals surface area contributed by atoms with E-state index in [1.807, 2.05) is 0 Å². The molecule has 5 nitrogen and oxygen atoms in total. The first kappa shape index (κ1) is 11.4. The molecule has 0 radical (unpaired) electrons. The Morgan fingerprint density at radius 1 is 1.42 bits per heavy atom. The Bertz CT molecular complexity index is 263. The van der Waals surface area contributed by atoms with E-state index >= 15 is 0 Å². The first-order valence-corrected chi connectivity index (χ1v) is 4.70. The zero-order valence-corrected chi connectivity index (χ0v) is 7.96. The topological polar surface area (TPSA) is 83.8 Å². The van der Waals surface area contributed by atoms with Crippen LogP contribution in [-0.4, -0.2) is 23.1 Å². The van der Waals surface area contributed by atoms with E-state index in [1.54, 1.807) is 0 Å². The van der Waals surface area contributed by atoms with Crippen LogP contribution in [0.1, 0.15) is 13.8 Å². The van der Waals surface area contributed by atoms with Gasteiger partial charge in [-0.15, -0.1) is 0 Å². The Balaban J connectivity index is 5.20. The molecule has 0 spiro atoms. The number of carboxylic acids is 1. The van der Waals surface area contributed by atoms with Crippen LogP contribution in [0.15, 0.2) is 10.9 Å². The molecule has 0 saturated heterocycles. The van der Waals surface area contributed by atoms with Crippen LogP contribution in [0.5, 0.6) is 0 Å². The van der Waals surface area contributed by atoms with Crippen molar-refractivity contribution >= 4 is 13.6 Å². The lowest BCUT2D eigenvalue weighted by Crippen LogP contribution is -2.04. The van der Waals surface area contributed by atoms with Crippen molar-refractivity contribution in [2.45, 2.75) is 13.8 Å². The number of allylic oxidation sites excluding steroid dienone is 1. The fourth-order valence-corrected chi connectivity index (χ4v) is 1.70. The van der Waals surface area contributed by atoms with Gasteiger partial charge in [0.15, 0.2) is 0 Å². The summed E-state index contributed by atoms with van der Waals surface area (Å²) in [6.45, 7) is 2.87. The predicted octanol–water partition coefficient (Wildman–Crippen LogP) is 1.20. The lowest BCUT2D eigenvalue weighted by Gasteiger charge is -2.10. The summed E-state index contributed by atoms with van der Waals surface area (Å²) in [5, 5.41) is 7.98. The Hall–Kier alpha value is -0.640. The van der Waals surface area contributed by atoms with Crippen molar-refractivity contribution in [3.8, 4) is 0 Å². The molecular formula is C6H11O5P. The summed E-state index contributed by atoms with van der Waals surface area (Å²) in [5.41, 5.74) is 0.259. The molecule has 0 heterocycles. The molecule has 0 aromatic carbocycles. The van der Waals surface area contributed by atoms with Gasteiger partial charge < -0.3 is 14.5 Å². The van der Waals surface area contributed by atoms with E-state index in [0.29, 0.717) is 0 Å². The van der Waals surface area contributed by atoms with Crippen LogP contribution in [0.4, 0.5) is 0 Å². The molecule has 0 aromatic heterocycles. The molecule has 0 amide bonds. The first-order chi connectivity index (χ1) is 5.33. The molecule has 6 heteroatoms. The van der Waals surface area contributed by atoms with Crippen LogP contribution in [0.25, 0.3) is 0 Å². The van der Waals surface area contributed by atoms with Crippen LogP contribution in [-0.2, 0) is 13.9 Å². The molecule has 0 aliphatic carbocycles. The van der Waals surface area contributed by atoms with E-state index in [9.17, 15) is 9.36 Å². The largest absolute Gasteiger partial charge is 0.477 e. The second kappa shape index (κ2) is 3.85. The summed E-state index contributed by atoms with van der Waals surface area (Å²) in [6, 6.07) is 0. The molecule has 1 atom stereocenters. The molecule has 70 valence electrons. The molecule has 0 bridgehead atoms. The number of hydrogen-bond donors (Lipinski definition) is 2. The fraction of sp³-hybridized carbons (Fsp3) is 0.500. The quantitative estimate of drug-likeness (QED) is 0.520. The van der Waals surface area contributed by atoms with E-state index in [2.05, 4.69) is 4.52 Å². The van der Waals surface area contributed by atoms with E-state index in [0.717, 1.165) is 7.11 Å². The maximum Gasteiger partial charge on any atom is 0.365 e. The van der Waals surface area contributed by atoms with Crippen molar-refractivity contribution in [1.29, 1.82) is 0 Å². The summed E-state index contributed by atoms with van der Waals surface area (Å²) in [4.78, 5) is 19.5. The zero-order chi connectivity index (χ0) is 9.94. The van der Waals surface area contributed by atoms with Gasteiger partial charge in [0.05, 0.1) is 0 Å². The number of carbonyl (C=O) groups is 1. The van der Waals surface area contributed by atoms with Gasteiger partial charge in [-0.05, 0) is 13.8 Å². The molecule has 0 aliphatic heterocycles. The lowest BCUT2D eigenvalue weighted by molar-refractivity contribution is -0.132. The summed E-state index contributed by atoms with van der Waals surface area (Å²) < 4.78 is 15.3. The summed E-state index contributed by atoms with van der Waals surface area (Å²) >= 11 is 0. The highest BCUT2D eigenvalue weighted by Gasteiger charge is 2.31. The van der Waals surface area contributed by atoms with E-state index in [4.69, 9.17) is 10.00 Å². The molecule has 0 saturated carbocycles. The van der Waals surface area contributed by atoms with Gasteiger partial charge in [0.25, 0.3) is 0 Å². The molecule has 0 rings (SSSR count). The molecule has 0 fully saturated rings. The summed E-state index contributed by atoms with van der Waals surface area (Å²) in [5.74, 6) is -1.43. The Morgan fingerprint density at radius 3 is 1.92 bits per heavy atom. The van der Waals surface area contributed by atoms with Crippen LogP contribution in [0, 0.1) is 0 Å². The van der Waals surface area contributed by atoms with Gasteiger partial charge in [-0.3, -0.25) is 4.57 Å². The van der Waals surface area contributed by atoms with Crippen LogP contribution in [0.3, 0.4) is 0 Å². The highest BCUT2D eigenvalue weighted by atomic mass is 31.2. The van der Waals surface area contributed by atoms with Gasteiger partial charge in [0, 0.05) is 7.11 Å². The summed E-state index contributed by atoms with van der Waals surface area (Å²) in [7, 11) is -3.12. The molecule has 12 heavy (non-hydrogen) atoms. The predicted molar refractivity (Wildman–Crippen MR) is 42.8 cm³/mol. The highest BCUT2D eigenvalue weighted by molar-refractivity contribution is 7.59. The maximum absolute atomic E-state index is 11.1. The minimum Gasteiger partial charge on any atom is -0.477 e. The Labute approximate surface area is 70.2 Å². The fourth-order valence-electron chi connectivity index (χ4n) is 0.709. The SMILES string of the molecule is COP(=O)(O)C(C(=O)O)=C(C)C. The van der Waals surface area contributed by atoms with Crippen molar-refractivity contribution < 1.29 is 23.9 Å². The van der Waals surface area contributed by atoms with Crippen LogP contribution >= 0.6 is 7.60 Å². The maximum atomic E-state index is 11.1. The van der Waals surface area contributed by atoms with E-state index in [1.165, 1.54) is 13.8 Å². The van der Waals surface area contributed by atoms with Crippen molar-refractivity contribution in [2.24, 2.45) is 0 Å². The highest BCUT2D eigenvalue weighted by Crippen LogP contribution is 2.51. The number of carboxylic acid groups (broad SMARTS) is 1. The number of hydrogen-bond acceptors (Lipinski definition) is 3. The van der Waals surface area contributed by atoms with Gasteiger partial charge in [-0.1, -0.05) is 5.57 Å². The second-order valence-corrected chi connectivity index (χ2v) is 4.21. The van der Waals surface area contributed by atoms with Gasteiger partial charge in [-0.2, -0.15) is 0 Å². The summed E-state index contributed by atoms with van der Waals surface area (Å²) in [6.07, 6.45) is 0. The average Bonchev–Trinajstić information content (AvgIpc) is 1.84. The normalized spacial score (nSPS) is 15.0. The van der Waals surface area contributed by atoms with E-state index < -0.39 is 18.9 Å². The smallest absolute Gasteiger partial charge is 0.365 e. The third kappa shape index (κ3) is 2.44. The monoisotopic (exact) mass is 194 g/mol. The molecule has 0 aromatic rings. The number of rotatable bonds is 3. The van der Waals surface area contributed by atoms with Gasteiger partial charge in [0.1, 0.15) is 5.31 Å². The van der Waals surface area contributed by atoms with Gasteiger partial charge in [-0.25, -0.2) is 4.79 Å². The minimum absolute atomic E-state index is 0.259. The van der Waals surface area contributed by atoms with Crippen molar-refractivity contribution in [2.75, 3.05) is 7.11 Å². The molecule has 2 N–H and O–H groups in total. The van der Waals surface area contributed by atoms with Gasteiger partial charge >= 0.3 is 13.6 Å². The Kier molecular flexibility index (Phi) is 3.64. The van der Waals surface area contributed by atoms with E-state index in [-0.39, 0.29) is 5.57 Å². The third-order valence-electron chi connectivity index (χ3n) is 1.21. The standard InChI is InChI=1S/C6H11O5P/c1-4(2)5(6(7)8)12(9,10)11-3/h1-3H3,(H,7,8)(H,9,10).